The Hall–Kier alpha value is -1.59. The van der Waals surface area contributed by atoms with Crippen LogP contribution in [0.25, 0.3) is 0 Å². The summed E-state index contributed by atoms with van der Waals surface area (Å²) in [6.45, 7) is 1.59. The highest BCUT2D eigenvalue weighted by Crippen LogP contribution is 2.26. The molecule has 0 bridgehead atoms. The number of nitrogen functional groups attached to an aromatic ring is 1. The molecule has 0 aliphatic rings. The molecule has 1 heterocycles. The minimum atomic E-state index is -0.590. The van der Waals surface area contributed by atoms with E-state index in [1.54, 1.807) is 0 Å². The number of aromatic nitrogens is 2. The third-order valence-corrected chi connectivity index (χ3v) is 1.41. The monoisotopic (exact) mass is 201 g/mol. The molecular formula is C8H12FN3O2. The average molecular weight is 201 g/mol. The first-order chi connectivity index (χ1) is 6.79. The topological polar surface area (TPSA) is 70.3 Å². The number of hydrogen-bond acceptors (Lipinski definition) is 5. The predicted molar refractivity (Wildman–Crippen MR) is 49.1 cm³/mol. The van der Waals surface area contributed by atoms with Gasteiger partial charge in [-0.15, -0.1) is 0 Å². The van der Waals surface area contributed by atoms with Gasteiger partial charge in [-0.25, -0.2) is 4.39 Å². The van der Waals surface area contributed by atoms with Crippen LogP contribution < -0.4 is 15.2 Å². The van der Waals surface area contributed by atoms with Crippen LogP contribution in [0.1, 0.15) is 6.92 Å². The molecule has 0 aromatic carbocycles. The molecule has 78 valence electrons. The van der Waals surface area contributed by atoms with Crippen LogP contribution in [-0.2, 0) is 0 Å². The SMILES string of the molecule is CCOc1ncnc(OCCF)c1N. The maximum Gasteiger partial charge on any atom is 0.244 e. The lowest BCUT2D eigenvalue weighted by Gasteiger charge is -2.08. The lowest BCUT2D eigenvalue weighted by atomic mass is 10.5. The second-order valence-corrected chi connectivity index (χ2v) is 2.37. The summed E-state index contributed by atoms with van der Waals surface area (Å²) in [5.41, 5.74) is 5.81. The summed E-state index contributed by atoms with van der Waals surface area (Å²) in [7, 11) is 0. The van der Waals surface area contributed by atoms with Gasteiger partial charge >= 0.3 is 0 Å². The zero-order chi connectivity index (χ0) is 10.4. The lowest BCUT2D eigenvalue weighted by Crippen LogP contribution is -2.06. The van der Waals surface area contributed by atoms with Crippen molar-refractivity contribution in [2.45, 2.75) is 6.92 Å². The number of rotatable bonds is 5. The van der Waals surface area contributed by atoms with E-state index in [1.807, 2.05) is 6.92 Å². The first kappa shape index (κ1) is 10.5. The van der Waals surface area contributed by atoms with Gasteiger partial charge in [0.1, 0.15) is 19.6 Å². The quantitative estimate of drug-likeness (QED) is 0.763. The van der Waals surface area contributed by atoms with Gasteiger partial charge in [0.05, 0.1) is 6.61 Å². The fourth-order valence-corrected chi connectivity index (χ4v) is 0.866. The molecule has 0 radical (unpaired) electrons. The molecule has 0 spiro atoms. The third kappa shape index (κ3) is 2.45. The van der Waals surface area contributed by atoms with E-state index in [9.17, 15) is 4.39 Å². The molecule has 5 nitrogen and oxygen atoms in total. The fraction of sp³-hybridized carbons (Fsp3) is 0.500. The third-order valence-electron chi connectivity index (χ3n) is 1.41. The average Bonchev–Trinajstić information content (AvgIpc) is 2.20. The van der Waals surface area contributed by atoms with Crippen molar-refractivity contribution < 1.29 is 13.9 Å². The Balaban J connectivity index is 2.78. The molecule has 0 atom stereocenters. The van der Waals surface area contributed by atoms with Crippen LogP contribution in [0, 0.1) is 0 Å². The predicted octanol–water partition coefficient (Wildman–Crippen LogP) is 0.806. The van der Waals surface area contributed by atoms with E-state index < -0.39 is 6.67 Å². The molecule has 0 saturated heterocycles. The summed E-state index contributed by atoms with van der Waals surface area (Å²) in [5, 5.41) is 0. The van der Waals surface area contributed by atoms with Crippen molar-refractivity contribution in [3.05, 3.63) is 6.33 Å². The smallest absolute Gasteiger partial charge is 0.244 e. The van der Waals surface area contributed by atoms with Gasteiger partial charge in [-0.2, -0.15) is 9.97 Å². The van der Waals surface area contributed by atoms with Gasteiger partial charge < -0.3 is 15.2 Å². The van der Waals surface area contributed by atoms with E-state index in [1.165, 1.54) is 6.33 Å². The molecule has 0 unspecified atom stereocenters. The maximum absolute atomic E-state index is 11.8. The van der Waals surface area contributed by atoms with Crippen LogP contribution >= 0.6 is 0 Å². The number of halogens is 1. The lowest BCUT2D eigenvalue weighted by molar-refractivity contribution is 0.262. The van der Waals surface area contributed by atoms with E-state index in [2.05, 4.69) is 9.97 Å². The van der Waals surface area contributed by atoms with Crippen molar-refractivity contribution in [1.82, 2.24) is 9.97 Å². The number of alkyl halides is 1. The second kappa shape index (κ2) is 5.21. The van der Waals surface area contributed by atoms with Crippen LogP contribution in [0.4, 0.5) is 10.1 Å². The Morgan fingerprint density at radius 2 is 2.00 bits per heavy atom. The van der Waals surface area contributed by atoms with Crippen molar-refractivity contribution in [3.63, 3.8) is 0 Å². The molecule has 14 heavy (non-hydrogen) atoms. The van der Waals surface area contributed by atoms with Crippen molar-refractivity contribution in [1.29, 1.82) is 0 Å². The molecule has 0 aliphatic carbocycles. The van der Waals surface area contributed by atoms with Crippen molar-refractivity contribution in [2.24, 2.45) is 0 Å². The Labute approximate surface area is 81.1 Å². The van der Waals surface area contributed by atoms with Crippen molar-refractivity contribution in [3.8, 4) is 11.8 Å². The molecule has 0 fully saturated rings. The van der Waals surface area contributed by atoms with E-state index in [-0.39, 0.29) is 24.1 Å². The normalized spacial score (nSPS) is 9.86. The molecule has 0 amide bonds. The van der Waals surface area contributed by atoms with Crippen LogP contribution in [-0.4, -0.2) is 29.9 Å². The second-order valence-electron chi connectivity index (χ2n) is 2.37. The summed E-state index contributed by atoms with van der Waals surface area (Å²) in [4.78, 5) is 7.56. The number of hydrogen-bond donors (Lipinski definition) is 1. The minimum absolute atomic E-state index is 0.0766. The molecule has 0 saturated carbocycles. The first-order valence-electron chi connectivity index (χ1n) is 4.21. The Morgan fingerprint density at radius 3 is 2.57 bits per heavy atom. The zero-order valence-corrected chi connectivity index (χ0v) is 7.86. The number of ether oxygens (including phenoxy) is 2. The van der Waals surface area contributed by atoms with Gasteiger partial charge in [-0.3, -0.25) is 0 Å². The van der Waals surface area contributed by atoms with E-state index in [0.29, 0.717) is 6.61 Å². The molecule has 0 aliphatic heterocycles. The summed E-state index contributed by atoms with van der Waals surface area (Å²) in [6, 6.07) is 0. The summed E-state index contributed by atoms with van der Waals surface area (Å²) >= 11 is 0. The van der Waals surface area contributed by atoms with Crippen LogP contribution in [0.3, 0.4) is 0 Å². The first-order valence-corrected chi connectivity index (χ1v) is 4.21. The Bertz CT molecular complexity index is 296. The van der Waals surface area contributed by atoms with Crippen LogP contribution in [0.15, 0.2) is 6.33 Å². The van der Waals surface area contributed by atoms with Gasteiger partial charge in [-0.1, -0.05) is 0 Å². The van der Waals surface area contributed by atoms with Gasteiger partial charge in [0.2, 0.25) is 11.8 Å². The Kier molecular flexibility index (Phi) is 3.90. The summed E-state index contributed by atoms with van der Waals surface area (Å²) in [6.07, 6.45) is 1.26. The Morgan fingerprint density at radius 1 is 1.36 bits per heavy atom. The van der Waals surface area contributed by atoms with E-state index in [0.717, 1.165) is 0 Å². The van der Waals surface area contributed by atoms with Crippen LogP contribution in [0.2, 0.25) is 0 Å². The highest BCUT2D eigenvalue weighted by Gasteiger charge is 2.09. The van der Waals surface area contributed by atoms with Crippen LogP contribution in [0.5, 0.6) is 11.8 Å². The summed E-state index contributed by atoms with van der Waals surface area (Å²) in [5.74, 6) is 0.414. The molecule has 6 heteroatoms. The van der Waals surface area contributed by atoms with Gasteiger partial charge in [-0.05, 0) is 6.92 Å². The van der Waals surface area contributed by atoms with Gasteiger partial charge in [0.15, 0.2) is 5.69 Å². The van der Waals surface area contributed by atoms with E-state index >= 15 is 0 Å². The standard InChI is InChI=1S/C8H12FN3O2/c1-2-13-7-6(10)8(12-5-11-7)14-4-3-9/h5H,2-4,10H2,1H3. The van der Waals surface area contributed by atoms with E-state index in [4.69, 9.17) is 15.2 Å². The zero-order valence-electron chi connectivity index (χ0n) is 7.86. The largest absolute Gasteiger partial charge is 0.476 e. The molecule has 2 N–H and O–H groups in total. The van der Waals surface area contributed by atoms with Crippen molar-refractivity contribution in [2.75, 3.05) is 25.6 Å². The van der Waals surface area contributed by atoms with Crippen molar-refractivity contribution >= 4 is 5.69 Å². The molecule has 1 aromatic rings. The highest BCUT2D eigenvalue weighted by atomic mass is 19.1. The number of anilines is 1. The highest BCUT2D eigenvalue weighted by molar-refractivity contribution is 5.55. The maximum atomic E-state index is 11.8. The molecule has 1 aromatic heterocycles. The molecular weight excluding hydrogens is 189 g/mol. The minimum Gasteiger partial charge on any atom is -0.476 e. The number of nitrogens with two attached hydrogens (primary N) is 1. The summed E-state index contributed by atoms with van der Waals surface area (Å²) < 4.78 is 21.9. The number of nitrogens with zero attached hydrogens (tertiary/aromatic N) is 2. The molecule has 1 rings (SSSR count). The van der Waals surface area contributed by atoms with Gasteiger partial charge in [0.25, 0.3) is 0 Å². The fourth-order valence-electron chi connectivity index (χ4n) is 0.866. The van der Waals surface area contributed by atoms with Gasteiger partial charge in [0, 0.05) is 0 Å².